The van der Waals surface area contributed by atoms with Crippen LogP contribution < -0.4 is 10.2 Å². The van der Waals surface area contributed by atoms with Gasteiger partial charge in [0, 0.05) is 28.4 Å². The number of benzene rings is 3. The minimum atomic E-state index is -0.281. The van der Waals surface area contributed by atoms with Crippen LogP contribution in [0.2, 0.25) is 5.02 Å². The molecule has 1 amide bonds. The summed E-state index contributed by atoms with van der Waals surface area (Å²) in [6.45, 7) is 5.59. The fourth-order valence-corrected chi connectivity index (χ4v) is 4.69. The number of hydrogen-bond donors (Lipinski definition) is 1. The highest BCUT2D eigenvalue weighted by molar-refractivity contribution is 6.31. The number of carbonyl (C=O) groups excluding carboxylic acids is 1. The van der Waals surface area contributed by atoms with Crippen LogP contribution in [0.25, 0.3) is 0 Å². The predicted molar refractivity (Wildman–Crippen MR) is 135 cm³/mol. The number of anilines is 1. The van der Waals surface area contributed by atoms with E-state index in [0.717, 1.165) is 28.1 Å². The van der Waals surface area contributed by atoms with E-state index in [0.29, 0.717) is 29.7 Å². The number of hydrogen-bond acceptors (Lipinski definition) is 3. The highest BCUT2D eigenvalue weighted by Crippen LogP contribution is 2.42. The molecule has 2 heterocycles. The molecule has 1 atom stereocenters. The Balaban J connectivity index is 1.70. The van der Waals surface area contributed by atoms with Gasteiger partial charge in [-0.3, -0.25) is 14.7 Å². The summed E-state index contributed by atoms with van der Waals surface area (Å²) in [5.74, 6) is 0.410. The van der Waals surface area contributed by atoms with Crippen molar-refractivity contribution in [2.75, 3.05) is 18.0 Å². The fourth-order valence-electron chi connectivity index (χ4n) is 4.56. The van der Waals surface area contributed by atoms with E-state index in [1.165, 1.54) is 5.56 Å². The van der Waals surface area contributed by atoms with Crippen molar-refractivity contribution in [2.45, 2.75) is 25.8 Å². The van der Waals surface area contributed by atoms with Gasteiger partial charge in [0.15, 0.2) is 0 Å². The summed E-state index contributed by atoms with van der Waals surface area (Å²) in [5, 5.41) is 4.06. The second-order valence-corrected chi connectivity index (χ2v) is 9.12. The van der Waals surface area contributed by atoms with Crippen LogP contribution in [0.1, 0.15) is 42.5 Å². The third kappa shape index (κ3) is 3.96. The van der Waals surface area contributed by atoms with E-state index in [1.807, 2.05) is 59.5 Å². The van der Waals surface area contributed by atoms with Gasteiger partial charge in [0.05, 0.1) is 18.3 Å². The molecule has 1 N–H and O–H groups in total. The lowest BCUT2D eigenvalue weighted by molar-refractivity contribution is -0.115. The Hall–Kier alpha value is -3.37. The van der Waals surface area contributed by atoms with E-state index in [1.54, 1.807) is 0 Å². The van der Waals surface area contributed by atoms with Crippen LogP contribution in [0.15, 0.2) is 95.1 Å². The lowest BCUT2D eigenvalue weighted by Crippen LogP contribution is -2.33. The number of halogens is 1. The maximum atomic E-state index is 13.8. The first-order chi connectivity index (χ1) is 16.0. The Bertz CT molecular complexity index is 1230. The van der Waals surface area contributed by atoms with E-state index < -0.39 is 0 Å². The molecule has 0 bridgehead atoms. The zero-order valence-electron chi connectivity index (χ0n) is 18.8. The maximum absolute atomic E-state index is 13.8. The van der Waals surface area contributed by atoms with E-state index in [2.05, 4.69) is 43.4 Å². The molecule has 0 aromatic heterocycles. The summed E-state index contributed by atoms with van der Waals surface area (Å²) in [6.07, 6.45) is 0. The van der Waals surface area contributed by atoms with Gasteiger partial charge < -0.3 is 5.32 Å². The number of carbonyl (C=O) groups is 1. The number of para-hydroxylation sites is 1. The molecule has 0 saturated carbocycles. The highest BCUT2D eigenvalue weighted by atomic mass is 35.5. The van der Waals surface area contributed by atoms with Crippen molar-refractivity contribution in [3.05, 3.63) is 112 Å². The Morgan fingerprint density at radius 3 is 2.33 bits per heavy atom. The zero-order valence-corrected chi connectivity index (χ0v) is 19.5. The summed E-state index contributed by atoms with van der Waals surface area (Å²) in [5.41, 5.74) is 6.55. The third-order valence-corrected chi connectivity index (χ3v) is 6.50. The van der Waals surface area contributed by atoms with Gasteiger partial charge in [-0.25, -0.2) is 0 Å². The first-order valence-electron chi connectivity index (χ1n) is 11.3. The molecule has 3 aromatic rings. The van der Waals surface area contributed by atoms with E-state index in [-0.39, 0.29) is 11.9 Å². The van der Waals surface area contributed by atoms with Gasteiger partial charge in [-0.05, 0) is 41.3 Å². The Morgan fingerprint density at radius 1 is 0.970 bits per heavy atom. The zero-order chi connectivity index (χ0) is 22.9. The number of amides is 1. The molecule has 0 saturated heterocycles. The summed E-state index contributed by atoms with van der Waals surface area (Å²) >= 11 is 6.16. The number of aliphatic imine (C=N–C) groups is 1. The van der Waals surface area contributed by atoms with Gasteiger partial charge in [-0.2, -0.15) is 0 Å². The molecule has 166 valence electrons. The molecule has 0 radical (unpaired) electrons. The summed E-state index contributed by atoms with van der Waals surface area (Å²) < 4.78 is 0. The first kappa shape index (κ1) is 21.5. The quantitative estimate of drug-likeness (QED) is 0.532. The first-order valence-corrected chi connectivity index (χ1v) is 11.7. The normalized spacial score (nSPS) is 18.2. The van der Waals surface area contributed by atoms with Crippen molar-refractivity contribution in [3.63, 3.8) is 0 Å². The molecule has 0 aliphatic carbocycles. The summed E-state index contributed by atoms with van der Waals surface area (Å²) in [7, 11) is 0. The molecule has 33 heavy (non-hydrogen) atoms. The van der Waals surface area contributed by atoms with Crippen LogP contribution in [0.5, 0.6) is 0 Å². The lowest BCUT2D eigenvalue weighted by Gasteiger charge is -2.28. The summed E-state index contributed by atoms with van der Waals surface area (Å²) in [6, 6.07) is 25.9. The van der Waals surface area contributed by atoms with Gasteiger partial charge in [0.25, 0.3) is 5.91 Å². The molecule has 0 spiro atoms. The van der Waals surface area contributed by atoms with Crippen molar-refractivity contribution >= 4 is 28.9 Å². The maximum Gasteiger partial charge on any atom is 0.275 e. The lowest BCUT2D eigenvalue weighted by atomic mass is 9.90. The highest BCUT2D eigenvalue weighted by Gasteiger charge is 2.43. The molecular weight excluding hydrogens is 430 g/mol. The van der Waals surface area contributed by atoms with Crippen LogP contribution in [-0.4, -0.2) is 24.7 Å². The predicted octanol–water partition coefficient (Wildman–Crippen LogP) is 5.90. The molecule has 0 unspecified atom stereocenters. The van der Waals surface area contributed by atoms with Crippen LogP contribution in [0.4, 0.5) is 5.69 Å². The number of nitrogens with zero attached hydrogens (tertiary/aromatic N) is 2. The minimum absolute atomic E-state index is 0.0299. The van der Waals surface area contributed by atoms with Crippen molar-refractivity contribution in [1.29, 1.82) is 0 Å². The largest absolute Gasteiger partial charge is 0.378 e. The van der Waals surface area contributed by atoms with E-state index in [4.69, 9.17) is 16.6 Å². The molecule has 3 aromatic carbocycles. The molecule has 0 fully saturated rings. The van der Waals surface area contributed by atoms with E-state index >= 15 is 0 Å². The average molecular weight is 456 g/mol. The van der Waals surface area contributed by atoms with Gasteiger partial charge in [-0.1, -0.05) is 80.0 Å². The van der Waals surface area contributed by atoms with Crippen molar-refractivity contribution < 1.29 is 4.79 Å². The van der Waals surface area contributed by atoms with E-state index in [9.17, 15) is 4.79 Å². The average Bonchev–Trinajstić information content (AvgIpc) is 2.97. The summed E-state index contributed by atoms with van der Waals surface area (Å²) in [4.78, 5) is 20.6. The molecule has 2 aliphatic heterocycles. The van der Waals surface area contributed by atoms with Gasteiger partial charge >= 0.3 is 0 Å². The van der Waals surface area contributed by atoms with Crippen LogP contribution >= 0.6 is 11.6 Å². The standard InChI is InChI=1S/C28H26ClN3O/c1-18(2)19-8-10-21(11-9-19)27-24-25(20-12-14-22(29)15-13-20)30-16-17-31-26(24)28(33)32(27)23-6-4-3-5-7-23/h3-15,18,27,31H,16-17H2,1-2H3/t27-/m1/s1. The second kappa shape index (κ2) is 8.87. The topological polar surface area (TPSA) is 44.7 Å². The van der Waals surface area contributed by atoms with Crippen molar-refractivity contribution in [3.8, 4) is 0 Å². The minimum Gasteiger partial charge on any atom is -0.378 e. The fraction of sp³-hybridized carbons (Fsp3) is 0.214. The van der Waals surface area contributed by atoms with Crippen molar-refractivity contribution in [1.82, 2.24) is 5.32 Å². The molecular formula is C28H26ClN3O. The van der Waals surface area contributed by atoms with Gasteiger partial charge in [0.1, 0.15) is 5.70 Å². The Labute approximate surface area is 199 Å². The molecule has 5 heteroatoms. The second-order valence-electron chi connectivity index (χ2n) is 8.69. The van der Waals surface area contributed by atoms with Crippen LogP contribution in [-0.2, 0) is 4.79 Å². The van der Waals surface area contributed by atoms with Crippen molar-refractivity contribution in [2.24, 2.45) is 4.99 Å². The Morgan fingerprint density at radius 2 is 1.67 bits per heavy atom. The van der Waals surface area contributed by atoms with Gasteiger partial charge in [0.2, 0.25) is 0 Å². The third-order valence-electron chi connectivity index (χ3n) is 6.24. The van der Waals surface area contributed by atoms with Gasteiger partial charge in [-0.15, -0.1) is 0 Å². The Kier molecular flexibility index (Phi) is 5.77. The molecule has 2 aliphatic rings. The number of rotatable bonds is 4. The SMILES string of the molecule is CC(C)c1ccc([C@@H]2C3=C(NCCN=C3c3ccc(Cl)cc3)C(=O)N2c2ccccc2)cc1. The monoisotopic (exact) mass is 455 g/mol. The smallest absolute Gasteiger partial charge is 0.275 e. The molecule has 5 rings (SSSR count). The van der Waals surface area contributed by atoms with Crippen LogP contribution in [0.3, 0.4) is 0 Å². The number of nitrogens with one attached hydrogen (secondary N) is 1. The van der Waals surface area contributed by atoms with Crippen LogP contribution in [0, 0.1) is 0 Å². The molecule has 4 nitrogen and oxygen atoms in total.